The van der Waals surface area contributed by atoms with E-state index in [4.69, 9.17) is 9.88 Å². The van der Waals surface area contributed by atoms with Crippen LogP contribution in [0.15, 0.2) is 47.8 Å². The van der Waals surface area contributed by atoms with Crippen LogP contribution in [0, 0.1) is 5.82 Å². The summed E-state index contributed by atoms with van der Waals surface area (Å²) in [6.07, 6.45) is 9.05. The second kappa shape index (κ2) is 10.8. The largest absolute Gasteiger partial charge is 0.481 e. The molecule has 2 aromatic heterocycles. The number of nitrogens with zero attached hydrogens (tertiary/aromatic N) is 4. The Morgan fingerprint density at radius 2 is 2.00 bits per heavy atom. The number of sulfonamides is 1. The number of ether oxygens (including phenoxy) is 1. The Morgan fingerprint density at radius 3 is 2.69 bits per heavy atom. The molecule has 3 aromatic rings. The van der Waals surface area contributed by atoms with Gasteiger partial charge in [0.1, 0.15) is 5.82 Å². The Morgan fingerprint density at radius 1 is 1.23 bits per heavy atom. The van der Waals surface area contributed by atoms with E-state index in [1.54, 1.807) is 18.6 Å². The van der Waals surface area contributed by atoms with Gasteiger partial charge in [0, 0.05) is 18.0 Å². The van der Waals surface area contributed by atoms with Crippen LogP contribution in [0.4, 0.5) is 16.0 Å². The number of nitrogens with two attached hydrogens (primary N) is 1. The monoisotopic (exact) mass is 514 g/mol. The third-order valence-corrected chi connectivity index (χ3v) is 8.33. The number of primary sulfonamides is 1. The molecule has 0 amide bonds. The average molecular weight is 515 g/mol. The van der Waals surface area contributed by atoms with Crippen LogP contribution in [0.25, 0.3) is 0 Å². The van der Waals surface area contributed by atoms with Gasteiger partial charge in [-0.2, -0.15) is 5.10 Å². The number of hydrogen-bond donors (Lipinski definition) is 2. The van der Waals surface area contributed by atoms with E-state index in [-0.39, 0.29) is 16.5 Å². The molecule has 0 saturated heterocycles. The normalized spacial score (nSPS) is 18.1. The number of halogens is 1. The van der Waals surface area contributed by atoms with Gasteiger partial charge in [0.15, 0.2) is 0 Å². The number of anilines is 2. The van der Waals surface area contributed by atoms with Gasteiger partial charge in [0.25, 0.3) is 0 Å². The van der Waals surface area contributed by atoms with E-state index in [2.05, 4.69) is 39.3 Å². The molecule has 2 atom stereocenters. The first-order valence-corrected chi connectivity index (χ1v) is 14.1. The van der Waals surface area contributed by atoms with Gasteiger partial charge in [-0.05, 0) is 60.0 Å². The number of aromatic nitrogens is 4. The molecule has 3 N–H and O–H groups in total. The molecule has 1 aliphatic rings. The Bertz CT molecular complexity index is 1280. The van der Waals surface area contributed by atoms with Crippen LogP contribution in [0.3, 0.4) is 0 Å². The van der Waals surface area contributed by atoms with Crippen LogP contribution in [-0.4, -0.2) is 44.3 Å². The van der Waals surface area contributed by atoms with Crippen molar-refractivity contribution in [1.82, 2.24) is 20.2 Å². The molecule has 1 unspecified atom stereocenters. The van der Waals surface area contributed by atoms with E-state index in [0.717, 1.165) is 36.5 Å². The molecule has 4 rings (SSSR count). The number of rotatable bonds is 9. The topological polar surface area (TPSA) is 133 Å². The molecule has 2 heterocycles. The smallest absolute Gasteiger partial charge is 0.238 e. The highest BCUT2D eigenvalue weighted by Crippen LogP contribution is 2.41. The van der Waals surface area contributed by atoms with Gasteiger partial charge >= 0.3 is 0 Å². The zero-order valence-electron chi connectivity index (χ0n) is 19.5. The first-order valence-electron chi connectivity index (χ1n) is 11.3. The lowest BCUT2D eigenvalue weighted by Gasteiger charge is -2.14. The molecule has 1 aliphatic carbocycles. The Hall–Kier alpha value is -2.96. The van der Waals surface area contributed by atoms with Crippen LogP contribution < -0.4 is 15.2 Å². The van der Waals surface area contributed by atoms with E-state index >= 15 is 0 Å². The lowest BCUT2D eigenvalue weighted by Crippen LogP contribution is -2.14. The summed E-state index contributed by atoms with van der Waals surface area (Å²) in [7, 11) is -3.30. The summed E-state index contributed by atoms with van der Waals surface area (Å²) >= 11 is 0. The SMILES string of the molecule is CC(C)c1ccnnc1OC[Si]C1CC[C@H](c2cnc(Nc3ccc(S(N)(=O)=O)cc3F)nc2)C1. The minimum atomic E-state index is -3.97. The van der Waals surface area contributed by atoms with Crippen molar-refractivity contribution in [2.75, 3.05) is 11.5 Å². The Labute approximate surface area is 206 Å². The van der Waals surface area contributed by atoms with Gasteiger partial charge in [-0.15, -0.1) is 5.10 Å². The maximum atomic E-state index is 14.3. The highest BCUT2D eigenvalue weighted by Gasteiger charge is 2.27. The van der Waals surface area contributed by atoms with Crippen LogP contribution in [0.5, 0.6) is 5.88 Å². The number of benzene rings is 1. The lowest BCUT2D eigenvalue weighted by atomic mass is 10.0. The minimum Gasteiger partial charge on any atom is -0.481 e. The van der Waals surface area contributed by atoms with Gasteiger partial charge in [-0.1, -0.05) is 20.3 Å². The molecule has 0 spiro atoms. The molecular formula is C23H27FN6O3SSi. The van der Waals surface area contributed by atoms with Gasteiger partial charge in [0.2, 0.25) is 21.9 Å². The third-order valence-electron chi connectivity index (χ3n) is 6.01. The fraction of sp³-hybridized carbons (Fsp3) is 0.391. The summed E-state index contributed by atoms with van der Waals surface area (Å²) in [4.78, 5) is 8.33. The van der Waals surface area contributed by atoms with Gasteiger partial charge in [-0.25, -0.2) is 27.9 Å². The van der Waals surface area contributed by atoms with E-state index in [0.29, 0.717) is 39.0 Å². The van der Waals surface area contributed by atoms with E-state index in [1.165, 1.54) is 12.1 Å². The fourth-order valence-electron chi connectivity index (χ4n) is 4.09. The predicted molar refractivity (Wildman–Crippen MR) is 131 cm³/mol. The molecule has 12 heteroatoms. The molecule has 35 heavy (non-hydrogen) atoms. The lowest BCUT2D eigenvalue weighted by molar-refractivity contribution is 0.355. The minimum absolute atomic E-state index is 0.0658. The van der Waals surface area contributed by atoms with E-state index in [1.807, 2.05) is 6.07 Å². The second-order valence-corrected chi connectivity index (χ2v) is 11.9. The van der Waals surface area contributed by atoms with Gasteiger partial charge in [0.05, 0.1) is 32.5 Å². The van der Waals surface area contributed by atoms with Crippen molar-refractivity contribution in [3.05, 3.63) is 59.8 Å². The number of nitrogens with one attached hydrogen (secondary N) is 1. The second-order valence-electron chi connectivity index (χ2n) is 8.80. The maximum Gasteiger partial charge on any atom is 0.238 e. The van der Waals surface area contributed by atoms with Crippen molar-refractivity contribution in [1.29, 1.82) is 0 Å². The van der Waals surface area contributed by atoms with Crippen molar-refractivity contribution in [3.63, 3.8) is 0 Å². The highest BCUT2D eigenvalue weighted by atomic mass is 32.2. The zero-order valence-corrected chi connectivity index (χ0v) is 21.3. The molecule has 2 radical (unpaired) electrons. The Kier molecular flexibility index (Phi) is 7.72. The predicted octanol–water partition coefficient (Wildman–Crippen LogP) is 3.72. The Balaban J connectivity index is 1.30. The van der Waals surface area contributed by atoms with Crippen LogP contribution in [0.1, 0.15) is 56.1 Å². The average Bonchev–Trinajstić information content (AvgIpc) is 3.29. The molecule has 1 aromatic carbocycles. The van der Waals surface area contributed by atoms with Crippen LogP contribution in [-0.2, 0) is 10.0 Å². The first kappa shape index (κ1) is 25.1. The van der Waals surface area contributed by atoms with Gasteiger partial charge in [-0.3, -0.25) is 0 Å². The van der Waals surface area contributed by atoms with Crippen LogP contribution in [0.2, 0.25) is 5.54 Å². The summed E-state index contributed by atoms with van der Waals surface area (Å²) in [6.45, 7) is 4.22. The summed E-state index contributed by atoms with van der Waals surface area (Å²) in [5.74, 6) is 0.792. The van der Waals surface area contributed by atoms with Crippen molar-refractivity contribution in [3.8, 4) is 5.88 Å². The first-order chi connectivity index (χ1) is 16.7. The van der Waals surface area contributed by atoms with Crippen LogP contribution >= 0.6 is 0 Å². The molecular weight excluding hydrogens is 487 g/mol. The molecule has 0 aliphatic heterocycles. The van der Waals surface area contributed by atoms with E-state index < -0.39 is 15.8 Å². The van der Waals surface area contributed by atoms with Gasteiger partial charge < -0.3 is 10.1 Å². The molecule has 1 saturated carbocycles. The summed E-state index contributed by atoms with van der Waals surface area (Å²) in [5, 5.41) is 15.9. The zero-order chi connectivity index (χ0) is 25.0. The van der Waals surface area contributed by atoms with E-state index in [9.17, 15) is 12.8 Å². The summed E-state index contributed by atoms with van der Waals surface area (Å²) in [5.41, 5.74) is 2.75. The molecule has 184 valence electrons. The number of hydrogen-bond acceptors (Lipinski definition) is 8. The standard InChI is InChI=1S/C23H27FN6O3SSi/c1-14(2)19-7-8-28-30-22(19)33-13-35-18-5-3-15(9-18)16-11-26-23(27-12-16)29-21-6-4-17(10-20(21)24)34(25,31)32/h4,6-8,10-12,14-15,18H,3,5,9,13H2,1-2H3,(H2,25,31,32)(H,26,27,29)/t15-,18?/m0/s1. The summed E-state index contributed by atoms with van der Waals surface area (Å²) in [6, 6.07) is 5.34. The maximum absolute atomic E-state index is 14.3. The fourth-order valence-corrected chi connectivity index (χ4v) is 5.89. The van der Waals surface area contributed by atoms with Crippen molar-refractivity contribution >= 4 is 31.2 Å². The molecule has 1 fully saturated rings. The molecule has 0 bridgehead atoms. The third kappa shape index (κ3) is 6.38. The van der Waals surface area contributed by atoms with Crippen molar-refractivity contribution in [2.24, 2.45) is 5.14 Å². The quantitative estimate of drug-likeness (QED) is 0.413. The molecule has 9 nitrogen and oxygen atoms in total. The van der Waals surface area contributed by atoms with Crippen molar-refractivity contribution < 1.29 is 17.5 Å². The van der Waals surface area contributed by atoms with Crippen molar-refractivity contribution in [2.45, 2.75) is 55.4 Å². The highest BCUT2D eigenvalue weighted by molar-refractivity contribution is 7.89. The summed E-state index contributed by atoms with van der Waals surface area (Å²) < 4.78 is 42.9.